The van der Waals surface area contributed by atoms with Crippen molar-refractivity contribution in [3.05, 3.63) is 36.1 Å². The molecule has 0 aromatic carbocycles. The van der Waals surface area contributed by atoms with E-state index in [-0.39, 0.29) is 22.7 Å². The van der Waals surface area contributed by atoms with Crippen molar-refractivity contribution >= 4 is 12.2 Å². The van der Waals surface area contributed by atoms with E-state index >= 15 is 0 Å². The van der Waals surface area contributed by atoms with Gasteiger partial charge in [0.1, 0.15) is 6.17 Å². The molecular weight excluding hydrogens is 317 g/mol. The molecule has 2 fully saturated rings. The van der Waals surface area contributed by atoms with Crippen LogP contribution in [0.15, 0.2) is 41.1 Å². The monoisotopic (exact) mass is 347 g/mol. The third-order valence-electron chi connectivity index (χ3n) is 6.11. The molecule has 25 heavy (non-hydrogen) atoms. The summed E-state index contributed by atoms with van der Waals surface area (Å²) in [6, 6.07) is 0. The van der Waals surface area contributed by atoms with Crippen LogP contribution in [0.4, 0.5) is 4.39 Å². The molecule has 0 aliphatic heterocycles. The molecule has 2 aliphatic carbocycles. The van der Waals surface area contributed by atoms with E-state index in [1.165, 1.54) is 7.11 Å². The second kappa shape index (κ2) is 7.67. The fourth-order valence-corrected chi connectivity index (χ4v) is 4.43. The molecule has 0 aromatic rings. The number of alkyl halides is 1. The molecule has 2 saturated carbocycles. The summed E-state index contributed by atoms with van der Waals surface area (Å²) >= 11 is 0. The summed E-state index contributed by atoms with van der Waals surface area (Å²) in [6.07, 6.45) is 10.8. The van der Waals surface area contributed by atoms with Crippen LogP contribution in [0.2, 0.25) is 0 Å². The van der Waals surface area contributed by atoms with Crippen molar-refractivity contribution in [3.63, 3.8) is 0 Å². The van der Waals surface area contributed by atoms with E-state index in [4.69, 9.17) is 4.74 Å². The van der Waals surface area contributed by atoms with Crippen LogP contribution in [0.3, 0.4) is 0 Å². The van der Waals surface area contributed by atoms with Gasteiger partial charge in [0, 0.05) is 6.21 Å². The highest BCUT2D eigenvalue weighted by molar-refractivity contribution is 5.81. The number of carbonyl (C=O) groups excluding carboxylic acids is 1. The molecule has 2 atom stereocenters. The first-order chi connectivity index (χ1) is 11.8. The highest BCUT2D eigenvalue weighted by Gasteiger charge is 2.69. The fraction of sp³-hybridized carbons (Fsp3) is 0.619. The average molecular weight is 347 g/mol. The first-order valence-corrected chi connectivity index (χ1v) is 9.08. The lowest BCUT2D eigenvalue weighted by molar-refractivity contribution is -0.148. The van der Waals surface area contributed by atoms with Gasteiger partial charge in [-0.1, -0.05) is 12.7 Å². The zero-order valence-electron chi connectivity index (χ0n) is 15.8. The van der Waals surface area contributed by atoms with E-state index in [1.54, 1.807) is 19.2 Å². The van der Waals surface area contributed by atoms with Crippen LogP contribution >= 0.6 is 0 Å². The third kappa shape index (κ3) is 3.94. The molecular formula is C21H30FNO2. The number of hydrogen-bond acceptors (Lipinski definition) is 3. The standard InChI is InChI=1S/C21H30FNO2/c1-6-7-15(2)23-13-10-18(16(3)22)17-8-11-21(12-9-17)14-20(21,4)19(24)25-5/h6-7,10,13,16-17H,2,8-9,11-12,14H2,1,3-5H3/b7-6-,18-10+,23-13-. The number of rotatable bonds is 6. The molecule has 0 heterocycles. The highest BCUT2D eigenvalue weighted by atomic mass is 19.1. The Balaban J connectivity index is 2.02. The lowest BCUT2D eigenvalue weighted by atomic mass is 9.72. The molecule has 0 N–H and O–H groups in total. The van der Waals surface area contributed by atoms with Crippen LogP contribution in [-0.2, 0) is 9.53 Å². The van der Waals surface area contributed by atoms with Gasteiger partial charge in [0.25, 0.3) is 0 Å². The summed E-state index contributed by atoms with van der Waals surface area (Å²) < 4.78 is 19.1. The molecule has 0 radical (unpaired) electrons. The zero-order chi connectivity index (χ0) is 18.7. The van der Waals surface area contributed by atoms with Crippen molar-refractivity contribution in [3.8, 4) is 0 Å². The van der Waals surface area contributed by atoms with Gasteiger partial charge in [-0.25, -0.2) is 4.39 Å². The molecule has 0 amide bonds. The van der Waals surface area contributed by atoms with Gasteiger partial charge >= 0.3 is 5.97 Å². The number of aliphatic imine (C=N–C) groups is 1. The summed E-state index contributed by atoms with van der Waals surface area (Å²) in [5, 5.41) is 0. The van der Waals surface area contributed by atoms with Gasteiger partial charge in [0.15, 0.2) is 0 Å². The van der Waals surface area contributed by atoms with E-state index in [0.29, 0.717) is 5.70 Å². The second-order valence-corrected chi connectivity index (χ2v) is 7.61. The topological polar surface area (TPSA) is 38.7 Å². The van der Waals surface area contributed by atoms with Crippen molar-refractivity contribution in [1.82, 2.24) is 0 Å². The van der Waals surface area contributed by atoms with Crippen LogP contribution in [0.25, 0.3) is 0 Å². The summed E-state index contributed by atoms with van der Waals surface area (Å²) in [6.45, 7) is 9.31. The molecule has 4 heteroatoms. The number of carbonyl (C=O) groups is 1. The Morgan fingerprint density at radius 1 is 1.40 bits per heavy atom. The molecule has 0 aromatic heterocycles. The van der Waals surface area contributed by atoms with Gasteiger partial charge in [-0.2, -0.15) is 0 Å². The SMILES string of the molecule is C=C(/C=C\C)/N=C\C=C(/C(C)F)C1CCC2(CC1)CC2(C)C(=O)OC. The normalized spacial score (nSPS) is 33.8. The maximum absolute atomic E-state index is 14.1. The van der Waals surface area contributed by atoms with E-state index in [2.05, 4.69) is 11.6 Å². The lowest BCUT2D eigenvalue weighted by Gasteiger charge is -2.33. The maximum atomic E-state index is 14.1. The van der Waals surface area contributed by atoms with Crippen LogP contribution in [0.1, 0.15) is 52.9 Å². The Bertz CT molecular complexity index is 609. The van der Waals surface area contributed by atoms with Gasteiger partial charge < -0.3 is 4.74 Å². The molecule has 2 unspecified atom stereocenters. The third-order valence-corrected chi connectivity index (χ3v) is 6.11. The molecule has 2 rings (SSSR count). The molecule has 1 spiro atoms. The fourth-order valence-electron chi connectivity index (χ4n) is 4.43. The number of halogens is 1. The Morgan fingerprint density at radius 3 is 2.56 bits per heavy atom. The van der Waals surface area contributed by atoms with E-state index < -0.39 is 6.17 Å². The van der Waals surface area contributed by atoms with Gasteiger partial charge in [0.05, 0.1) is 18.2 Å². The van der Waals surface area contributed by atoms with Crippen LogP contribution in [0, 0.1) is 16.7 Å². The number of methoxy groups -OCH3 is 1. The predicted molar refractivity (Wildman–Crippen MR) is 100 cm³/mol. The minimum Gasteiger partial charge on any atom is -0.469 e. The zero-order valence-corrected chi connectivity index (χ0v) is 15.8. The number of hydrogen-bond donors (Lipinski definition) is 0. The maximum Gasteiger partial charge on any atom is 0.312 e. The summed E-state index contributed by atoms with van der Waals surface area (Å²) in [5.41, 5.74) is 1.17. The summed E-state index contributed by atoms with van der Waals surface area (Å²) in [7, 11) is 1.46. The molecule has 0 saturated heterocycles. The van der Waals surface area contributed by atoms with Gasteiger partial charge in [-0.05, 0) is 81.9 Å². The summed E-state index contributed by atoms with van der Waals surface area (Å²) in [5.74, 6) is 0.116. The van der Waals surface area contributed by atoms with E-state index in [1.807, 2.05) is 26.0 Å². The minimum atomic E-state index is -0.994. The molecule has 2 aliphatic rings. The smallest absolute Gasteiger partial charge is 0.312 e. The van der Waals surface area contributed by atoms with Crippen molar-refractivity contribution < 1.29 is 13.9 Å². The largest absolute Gasteiger partial charge is 0.469 e. The first kappa shape index (κ1) is 19.6. The van der Waals surface area contributed by atoms with Gasteiger partial charge in [-0.15, -0.1) is 0 Å². The molecule has 3 nitrogen and oxygen atoms in total. The number of nitrogens with zero attached hydrogens (tertiary/aromatic N) is 1. The Kier molecular flexibility index (Phi) is 6.02. The van der Waals surface area contributed by atoms with Gasteiger partial charge in [0.2, 0.25) is 0 Å². The lowest BCUT2D eigenvalue weighted by Crippen LogP contribution is -2.28. The predicted octanol–water partition coefficient (Wildman–Crippen LogP) is 5.19. The first-order valence-electron chi connectivity index (χ1n) is 9.08. The second-order valence-electron chi connectivity index (χ2n) is 7.61. The van der Waals surface area contributed by atoms with Gasteiger partial charge in [-0.3, -0.25) is 9.79 Å². The number of esters is 1. The number of ether oxygens (including phenoxy) is 1. The molecule has 0 bridgehead atoms. The Hall–Kier alpha value is -1.71. The summed E-state index contributed by atoms with van der Waals surface area (Å²) in [4.78, 5) is 16.2. The van der Waals surface area contributed by atoms with Crippen LogP contribution < -0.4 is 0 Å². The average Bonchev–Trinajstić information content (AvgIpc) is 3.16. The van der Waals surface area contributed by atoms with Crippen LogP contribution in [-0.4, -0.2) is 25.5 Å². The van der Waals surface area contributed by atoms with Crippen molar-refractivity contribution in [2.45, 2.75) is 59.0 Å². The van der Waals surface area contributed by atoms with Crippen molar-refractivity contribution in [2.75, 3.05) is 7.11 Å². The van der Waals surface area contributed by atoms with Crippen LogP contribution in [0.5, 0.6) is 0 Å². The van der Waals surface area contributed by atoms with E-state index in [0.717, 1.165) is 37.7 Å². The van der Waals surface area contributed by atoms with E-state index in [9.17, 15) is 9.18 Å². The highest BCUT2D eigenvalue weighted by Crippen LogP contribution is 2.71. The quantitative estimate of drug-likeness (QED) is 0.377. The number of allylic oxidation sites excluding steroid dienone is 4. The Labute approximate surface area is 150 Å². The van der Waals surface area contributed by atoms with Crippen molar-refractivity contribution in [2.24, 2.45) is 21.7 Å². The Morgan fingerprint density at radius 2 is 2.04 bits per heavy atom. The minimum absolute atomic E-state index is 0.0650. The molecule has 138 valence electrons. The van der Waals surface area contributed by atoms with Crippen molar-refractivity contribution in [1.29, 1.82) is 0 Å².